The molecule has 0 fully saturated rings. The maximum Gasteiger partial charge on any atom is 0.262 e. The largest absolute Gasteiger partial charge is 0.394 e. The number of aromatic nitrogens is 2. The van der Waals surface area contributed by atoms with Gasteiger partial charge < -0.3 is 35.4 Å². The Balaban J connectivity index is 2.18. The Morgan fingerprint density at radius 2 is 1.83 bits per heavy atom. The van der Waals surface area contributed by atoms with Crippen LogP contribution in [0.15, 0.2) is 28.2 Å². The summed E-state index contributed by atoms with van der Waals surface area (Å²) in [6, 6.07) is 2.16. The average molecular weight is 508 g/mol. The number of nitrogens with zero attached hydrogens (tertiary/aromatic N) is 3. The standard InChI is InChI=1S/C23H33N5O8/c1-5-28-9-14(18(32)13-7-6-12(4)25-21(13)28)22(35)26-17(11(2)3)23(36)27-24-8-15(30)19(33)20(34)16(31)10-29/h6-9,11,15-17,19-20,29-31,33-34H,5,10H2,1-4H3,(H,26,35)(H,27,36)/b24-8+/t15-,16+,17?,19+,20+/m0/s1. The fourth-order valence-electron chi connectivity index (χ4n) is 3.39. The number of hydrogen-bond donors (Lipinski definition) is 7. The number of aliphatic hydroxyl groups is 5. The lowest BCUT2D eigenvalue weighted by atomic mass is 10.0. The van der Waals surface area contributed by atoms with E-state index >= 15 is 0 Å². The van der Waals surface area contributed by atoms with Crippen molar-refractivity contribution in [3.63, 3.8) is 0 Å². The lowest BCUT2D eigenvalue weighted by Gasteiger charge is -2.23. The van der Waals surface area contributed by atoms with E-state index in [4.69, 9.17) is 5.11 Å². The van der Waals surface area contributed by atoms with Gasteiger partial charge in [0.2, 0.25) is 5.43 Å². The summed E-state index contributed by atoms with van der Waals surface area (Å²) in [6.45, 7) is 6.57. The minimum atomic E-state index is -1.89. The normalized spacial score (nSPS) is 16.1. The number of hydrazone groups is 1. The molecule has 2 heterocycles. The van der Waals surface area contributed by atoms with Gasteiger partial charge in [0, 0.05) is 18.4 Å². The minimum absolute atomic E-state index is 0.160. The van der Waals surface area contributed by atoms with E-state index in [0.29, 0.717) is 18.4 Å². The van der Waals surface area contributed by atoms with Crippen molar-refractivity contribution in [2.24, 2.45) is 11.0 Å². The van der Waals surface area contributed by atoms with E-state index in [0.717, 1.165) is 5.69 Å². The zero-order valence-corrected chi connectivity index (χ0v) is 20.5. The fraction of sp³-hybridized carbons (Fsp3) is 0.522. The van der Waals surface area contributed by atoms with E-state index in [1.165, 1.54) is 6.20 Å². The number of amides is 2. The Kier molecular flexibility index (Phi) is 10.2. The quantitative estimate of drug-likeness (QED) is 0.133. The average Bonchev–Trinajstić information content (AvgIpc) is 2.85. The van der Waals surface area contributed by atoms with Crippen LogP contribution in [0, 0.1) is 12.8 Å². The topological polar surface area (TPSA) is 207 Å². The molecule has 2 amide bonds. The molecule has 0 spiro atoms. The number of hydrogen-bond acceptors (Lipinski definition) is 10. The molecule has 13 heteroatoms. The summed E-state index contributed by atoms with van der Waals surface area (Å²) in [5, 5.41) is 53.7. The summed E-state index contributed by atoms with van der Waals surface area (Å²) in [5.74, 6) is -1.94. The molecule has 0 aliphatic carbocycles. The summed E-state index contributed by atoms with van der Waals surface area (Å²) in [7, 11) is 0. The van der Waals surface area contributed by atoms with Crippen LogP contribution in [0.5, 0.6) is 0 Å². The van der Waals surface area contributed by atoms with Crippen molar-refractivity contribution in [1.29, 1.82) is 0 Å². The molecular formula is C23H33N5O8. The van der Waals surface area contributed by atoms with Crippen LogP contribution in [-0.2, 0) is 11.3 Å². The number of rotatable bonds is 11. The Bertz CT molecular complexity index is 1170. The van der Waals surface area contributed by atoms with E-state index in [1.807, 2.05) is 6.92 Å². The first-order chi connectivity index (χ1) is 16.9. The highest BCUT2D eigenvalue weighted by molar-refractivity contribution is 5.99. The molecule has 7 N–H and O–H groups in total. The monoisotopic (exact) mass is 507 g/mol. The third-order valence-electron chi connectivity index (χ3n) is 5.56. The molecule has 0 aliphatic heterocycles. The van der Waals surface area contributed by atoms with E-state index in [1.54, 1.807) is 37.5 Å². The second-order valence-electron chi connectivity index (χ2n) is 8.65. The van der Waals surface area contributed by atoms with Crippen LogP contribution >= 0.6 is 0 Å². The van der Waals surface area contributed by atoms with Crippen LogP contribution in [-0.4, -0.2) is 90.2 Å². The van der Waals surface area contributed by atoms with E-state index in [-0.39, 0.29) is 10.9 Å². The van der Waals surface area contributed by atoms with Crippen molar-refractivity contribution in [1.82, 2.24) is 20.3 Å². The van der Waals surface area contributed by atoms with Crippen LogP contribution in [0.25, 0.3) is 11.0 Å². The van der Waals surface area contributed by atoms with Crippen molar-refractivity contribution in [3.8, 4) is 0 Å². The summed E-state index contributed by atoms with van der Waals surface area (Å²) < 4.78 is 1.67. The van der Waals surface area contributed by atoms with Gasteiger partial charge in [-0.15, -0.1) is 0 Å². The van der Waals surface area contributed by atoms with Crippen molar-refractivity contribution in [2.75, 3.05) is 6.61 Å². The van der Waals surface area contributed by atoms with Gasteiger partial charge in [-0.2, -0.15) is 5.10 Å². The smallest absolute Gasteiger partial charge is 0.262 e. The highest BCUT2D eigenvalue weighted by atomic mass is 16.4. The maximum atomic E-state index is 13.0. The highest BCUT2D eigenvalue weighted by Crippen LogP contribution is 2.12. The van der Waals surface area contributed by atoms with E-state index < -0.39 is 60.2 Å². The third kappa shape index (κ3) is 6.71. The number of fused-ring (bicyclic) bond motifs is 1. The van der Waals surface area contributed by atoms with Gasteiger partial charge in [-0.25, -0.2) is 10.4 Å². The van der Waals surface area contributed by atoms with Crippen molar-refractivity contribution in [3.05, 3.63) is 39.8 Å². The van der Waals surface area contributed by atoms with Gasteiger partial charge in [0.25, 0.3) is 11.8 Å². The zero-order chi connectivity index (χ0) is 27.2. The third-order valence-corrected chi connectivity index (χ3v) is 5.56. The van der Waals surface area contributed by atoms with Crippen LogP contribution in [0.2, 0.25) is 0 Å². The fourth-order valence-corrected chi connectivity index (χ4v) is 3.39. The predicted octanol–water partition coefficient (Wildman–Crippen LogP) is -1.98. The molecule has 0 aliphatic rings. The number of pyridine rings is 2. The van der Waals surface area contributed by atoms with Gasteiger partial charge in [0.1, 0.15) is 41.7 Å². The van der Waals surface area contributed by atoms with Crippen LogP contribution in [0.1, 0.15) is 36.8 Å². The van der Waals surface area contributed by atoms with Crippen LogP contribution < -0.4 is 16.2 Å². The molecule has 0 radical (unpaired) electrons. The van der Waals surface area contributed by atoms with Gasteiger partial charge in [-0.1, -0.05) is 13.8 Å². The first kappa shape index (κ1) is 29.0. The molecule has 5 atom stereocenters. The molecule has 2 aromatic heterocycles. The Labute approximate surface area is 207 Å². The van der Waals surface area contributed by atoms with Crippen molar-refractivity contribution in [2.45, 2.75) is 64.7 Å². The SMILES string of the molecule is CCn1cc(C(=O)NC(C(=O)N/N=C/[C@H](O)[C@@H](O)[C@H](O)[C@H](O)CO)C(C)C)c(=O)c2ccc(C)nc21. The van der Waals surface area contributed by atoms with Gasteiger partial charge >= 0.3 is 0 Å². The van der Waals surface area contributed by atoms with Crippen molar-refractivity contribution < 1.29 is 35.1 Å². The van der Waals surface area contributed by atoms with Crippen LogP contribution in [0.4, 0.5) is 0 Å². The number of carbonyl (C=O) groups is 2. The molecule has 0 aromatic carbocycles. The van der Waals surface area contributed by atoms with Gasteiger partial charge in [-0.3, -0.25) is 14.4 Å². The van der Waals surface area contributed by atoms with Gasteiger partial charge in [0.15, 0.2) is 0 Å². The molecule has 2 rings (SSSR count). The Morgan fingerprint density at radius 1 is 1.17 bits per heavy atom. The molecule has 2 aromatic rings. The molecular weight excluding hydrogens is 474 g/mol. The van der Waals surface area contributed by atoms with Gasteiger partial charge in [0.05, 0.1) is 18.2 Å². The second kappa shape index (κ2) is 12.6. The molecule has 0 saturated heterocycles. The first-order valence-corrected chi connectivity index (χ1v) is 11.4. The molecule has 0 saturated carbocycles. The lowest BCUT2D eigenvalue weighted by molar-refractivity contribution is -0.123. The molecule has 13 nitrogen and oxygen atoms in total. The predicted molar refractivity (Wildman–Crippen MR) is 130 cm³/mol. The van der Waals surface area contributed by atoms with Crippen LogP contribution in [0.3, 0.4) is 0 Å². The minimum Gasteiger partial charge on any atom is -0.394 e. The summed E-state index contributed by atoms with van der Waals surface area (Å²) >= 11 is 0. The van der Waals surface area contributed by atoms with E-state index in [9.17, 15) is 34.8 Å². The second-order valence-corrected chi connectivity index (χ2v) is 8.65. The number of aliphatic hydroxyl groups excluding tert-OH is 5. The summed E-state index contributed by atoms with van der Waals surface area (Å²) in [5.41, 5.74) is 2.60. The molecule has 36 heavy (non-hydrogen) atoms. The lowest BCUT2D eigenvalue weighted by Crippen LogP contribution is -2.50. The Morgan fingerprint density at radius 3 is 2.42 bits per heavy atom. The Hall–Kier alpha value is -3.23. The zero-order valence-electron chi connectivity index (χ0n) is 20.5. The van der Waals surface area contributed by atoms with Gasteiger partial charge in [-0.05, 0) is 31.9 Å². The maximum absolute atomic E-state index is 13.0. The molecule has 1 unspecified atom stereocenters. The number of nitrogens with one attached hydrogen (secondary N) is 2. The molecule has 198 valence electrons. The van der Waals surface area contributed by atoms with Crippen molar-refractivity contribution >= 4 is 29.1 Å². The van der Waals surface area contributed by atoms with E-state index in [2.05, 4.69) is 20.8 Å². The summed E-state index contributed by atoms with van der Waals surface area (Å²) in [4.78, 5) is 43.0. The highest BCUT2D eigenvalue weighted by Gasteiger charge is 2.30. The number of aryl methyl sites for hydroxylation is 2. The molecule has 0 bridgehead atoms. The summed E-state index contributed by atoms with van der Waals surface area (Å²) in [6.07, 6.45) is -5.11. The first-order valence-electron chi connectivity index (χ1n) is 11.4. The number of carbonyl (C=O) groups excluding carboxylic acids is 2.